The predicted molar refractivity (Wildman–Crippen MR) is 99.8 cm³/mol. The molecule has 138 valence electrons. The maximum Gasteiger partial charge on any atom is 0.329 e. The third-order valence-electron chi connectivity index (χ3n) is 4.10. The Labute approximate surface area is 158 Å². The lowest BCUT2D eigenvalue weighted by Crippen LogP contribution is -2.32. The fourth-order valence-corrected chi connectivity index (χ4v) is 4.02. The normalized spacial score (nSPS) is 13.0. The highest BCUT2D eigenvalue weighted by Gasteiger charge is 2.23. The first kappa shape index (κ1) is 18.4. The number of nitriles is 1. The molecule has 1 aliphatic carbocycles. The highest BCUT2D eigenvalue weighted by atomic mass is 32.1. The van der Waals surface area contributed by atoms with Crippen LogP contribution < -0.4 is 10.7 Å². The third-order valence-corrected chi connectivity index (χ3v) is 5.31. The van der Waals surface area contributed by atoms with Gasteiger partial charge in [-0.05, 0) is 43.4 Å². The Morgan fingerprint density at radius 3 is 2.74 bits per heavy atom. The first-order valence-electron chi connectivity index (χ1n) is 8.20. The molecular formula is C18H16N4O4S. The van der Waals surface area contributed by atoms with E-state index in [4.69, 9.17) is 0 Å². The second-order valence-electron chi connectivity index (χ2n) is 5.92. The number of phenols is 2. The van der Waals surface area contributed by atoms with Gasteiger partial charge in [-0.1, -0.05) is 0 Å². The zero-order chi connectivity index (χ0) is 19.4. The van der Waals surface area contributed by atoms with E-state index in [1.165, 1.54) is 23.5 Å². The van der Waals surface area contributed by atoms with Crippen molar-refractivity contribution in [1.82, 2.24) is 5.43 Å². The number of benzene rings is 1. The molecular weight excluding hydrogens is 368 g/mol. The number of hydrogen-bond donors (Lipinski definition) is 4. The van der Waals surface area contributed by atoms with Crippen molar-refractivity contribution in [2.75, 3.05) is 5.32 Å². The number of thiophene rings is 1. The van der Waals surface area contributed by atoms with E-state index in [-0.39, 0.29) is 17.1 Å². The summed E-state index contributed by atoms with van der Waals surface area (Å²) < 4.78 is 0. The minimum Gasteiger partial charge on any atom is -0.508 e. The highest BCUT2D eigenvalue weighted by Crippen LogP contribution is 2.37. The van der Waals surface area contributed by atoms with Crippen molar-refractivity contribution in [1.29, 1.82) is 5.26 Å². The Hall–Kier alpha value is -3.38. The molecule has 0 bridgehead atoms. The van der Waals surface area contributed by atoms with Crippen LogP contribution in [0, 0.1) is 11.3 Å². The minimum absolute atomic E-state index is 0.111. The molecule has 3 rings (SSSR count). The molecule has 0 saturated carbocycles. The van der Waals surface area contributed by atoms with Crippen LogP contribution in [0.5, 0.6) is 11.5 Å². The number of rotatable bonds is 3. The van der Waals surface area contributed by atoms with E-state index < -0.39 is 11.8 Å². The van der Waals surface area contributed by atoms with Gasteiger partial charge in [-0.2, -0.15) is 10.4 Å². The quantitative estimate of drug-likeness (QED) is 0.365. The number of hydrazone groups is 1. The molecule has 27 heavy (non-hydrogen) atoms. The Morgan fingerprint density at radius 2 is 2.00 bits per heavy atom. The Balaban J connectivity index is 1.65. The number of carbonyl (C=O) groups excluding carboxylic acids is 2. The van der Waals surface area contributed by atoms with Crippen LogP contribution in [0.25, 0.3) is 0 Å². The third kappa shape index (κ3) is 4.07. The Bertz CT molecular complexity index is 974. The average molecular weight is 384 g/mol. The molecule has 9 heteroatoms. The van der Waals surface area contributed by atoms with E-state index in [1.54, 1.807) is 0 Å². The van der Waals surface area contributed by atoms with Crippen LogP contribution in [0.1, 0.15) is 34.4 Å². The number of nitrogens with zero attached hydrogens (tertiary/aromatic N) is 2. The fourth-order valence-electron chi connectivity index (χ4n) is 2.78. The van der Waals surface area contributed by atoms with E-state index in [0.717, 1.165) is 48.4 Å². The second-order valence-corrected chi connectivity index (χ2v) is 7.03. The zero-order valence-corrected chi connectivity index (χ0v) is 15.0. The molecule has 0 saturated heterocycles. The van der Waals surface area contributed by atoms with Crippen LogP contribution in [0.4, 0.5) is 5.00 Å². The van der Waals surface area contributed by atoms with Gasteiger partial charge in [0.1, 0.15) is 22.6 Å². The van der Waals surface area contributed by atoms with Crippen molar-refractivity contribution >= 4 is 34.4 Å². The lowest BCUT2D eigenvalue weighted by atomic mass is 9.96. The van der Waals surface area contributed by atoms with Crippen LogP contribution in [0.15, 0.2) is 23.3 Å². The van der Waals surface area contributed by atoms with Gasteiger partial charge < -0.3 is 15.5 Å². The molecule has 0 spiro atoms. The average Bonchev–Trinajstić information content (AvgIpc) is 3.00. The molecule has 0 unspecified atom stereocenters. The molecule has 1 aromatic heterocycles. The summed E-state index contributed by atoms with van der Waals surface area (Å²) in [5.41, 5.74) is 3.70. The smallest absolute Gasteiger partial charge is 0.329 e. The van der Waals surface area contributed by atoms with Crippen molar-refractivity contribution in [3.05, 3.63) is 39.8 Å². The summed E-state index contributed by atoms with van der Waals surface area (Å²) in [4.78, 5) is 25.0. The molecule has 0 atom stereocenters. The first-order valence-corrected chi connectivity index (χ1v) is 9.02. The number of hydrogen-bond acceptors (Lipinski definition) is 7. The van der Waals surface area contributed by atoms with E-state index in [2.05, 4.69) is 21.9 Å². The monoisotopic (exact) mass is 384 g/mol. The summed E-state index contributed by atoms with van der Waals surface area (Å²) in [6.45, 7) is 0. The van der Waals surface area contributed by atoms with Crippen molar-refractivity contribution in [3.63, 3.8) is 0 Å². The molecule has 2 amide bonds. The lowest BCUT2D eigenvalue weighted by Gasteiger charge is -2.09. The maximum atomic E-state index is 12.1. The van der Waals surface area contributed by atoms with E-state index in [0.29, 0.717) is 10.6 Å². The highest BCUT2D eigenvalue weighted by molar-refractivity contribution is 7.16. The van der Waals surface area contributed by atoms with Gasteiger partial charge in [0.2, 0.25) is 0 Å². The van der Waals surface area contributed by atoms with Crippen molar-refractivity contribution in [2.45, 2.75) is 25.7 Å². The molecule has 1 aliphatic rings. The molecule has 0 aliphatic heterocycles. The Kier molecular flexibility index (Phi) is 5.38. The summed E-state index contributed by atoms with van der Waals surface area (Å²) in [6.07, 6.45) is 4.87. The van der Waals surface area contributed by atoms with Crippen LogP contribution in [-0.4, -0.2) is 28.2 Å². The molecule has 1 aromatic carbocycles. The number of phenolic OH excluding ortho intramolecular Hbond substituents is 2. The molecule has 2 aromatic rings. The number of carbonyl (C=O) groups is 2. The topological polar surface area (TPSA) is 135 Å². The van der Waals surface area contributed by atoms with Gasteiger partial charge in [-0.3, -0.25) is 9.59 Å². The van der Waals surface area contributed by atoms with Crippen LogP contribution in [-0.2, 0) is 22.4 Å². The largest absolute Gasteiger partial charge is 0.508 e. The molecule has 8 nitrogen and oxygen atoms in total. The molecule has 1 heterocycles. The van der Waals surface area contributed by atoms with Crippen LogP contribution in [0.2, 0.25) is 0 Å². The number of amides is 2. The van der Waals surface area contributed by atoms with Gasteiger partial charge in [0.05, 0.1) is 11.8 Å². The summed E-state index contributed by atoms with van der Waals surface area (Å²) in [6, 6.07) is 5.98. The number of fused-ring (bicyclic) bond motifs is 1. The van der Waals surface area contributed by atoms with E-state index in [9.17, 15) is 25.1 Å². The summed E-state index contributed by atoms with van der Waals surface area (Å²) in [5.74, 6) is -2.27. The van der Waals surface area contributed by atoms with Gasteiger partial charge in [0.25, 0.3) is 0 Å². The van der Waals surface area contributed by atoms with Gasteiger partial charge in [0, 0.05) is 16.5 Å². The number of aromatic hydroxyl groups is 2. The Morgan fingerprint density at radius 1 is 1.22 bits per heavy atom. The van der Waals surface area contributed by atoms with E-state index in [1.807, 2.05) is 0 Å². The van der Waals surface area contributed by atoms with Crippen LogP contribution >= 0.6 is 11.3 Å². The second kappa shape index (κ2) is 7.88. The SMILES string of the molecule is N#Cc1c(NC(=O)C(=O)N/N=C/c2ccc(O)cc2O)sc2c1CCCC2. The molecule has 0 radical (unpaired) electrons. The summed E-state index contributed by atoms with van der Waals surface area (Å²) >= 11 is 1.33. The molecule has 0 fully saturated rings. The van der Waals surface area contributed by atoms with Gasteiger partial charge in [-0.15, -0.1) is 11.3 Å². The van der Waals surface area contributed by atoms with Crippen molar-refractivity contribution < 1.29 is 19.8 Å². The summed E-state index contributed by atoms with van der Waals surface area (Å²) in [5, 5.41) is 34.7. The van der Waals surface area contributed by atoms with Crippen molar-refractivity contribution in [2.24, 2.45) is 5.10 Å². The van der Waals surface area contributed by atoms with Gasteiger partial charge in [0.15, 0.2) is 0 Å². The van der Waals surface area contributed by atoms with Crippen molar-refractivity contribution in [3.8, 4) is 17.6 Å². The lowest BCUT2D eigenvalue weighted by molar-refractivity contribution is -0.136. The number of nitrogens with one attached hydrogen (secondary N) is 2. The van der Waals surface area contributed by atoms with E-state index >= 15 is 0 Å². The molecule has 4 N–H and O–H groups in total. The maximum absolute atomic E-state index is 12.1. The zero-order valence-electron chi connectivity index (χ0n) is 14.2. The van der Waals surface area contributed by atoms with Crippen LogP contribution in [0.3, 0.4) is 0 Å². The first-order chi connectivity index (χ1) is 13.0. The van der Waals surface area contributed by atoms with Gasteiger partial charge in [-0.25, -0.2) is 5.43 Å². The predicted octanol–water partition coefficient (Wildman–Crippen LogP) is 2.00. The number of aryl methyl sites for hydroxylation is 1. The summed E-state index contributed by atoms with van der Waals surface area (Å²) in [7, 11) is 0. The van der Waals surface area contributed by atoms with Gasteiger partial charge >= 0.3 is 11.8 Å². The fraction of sp³-hybridized carbons (Fsp3) is 0.222. The standard InChI is InChI=1S/C18H16N4O4S/c19-8-13-12-3-1-2-4-15(12)27-18(13)21-16(25)17(26)22-20-9-10-5-6-11(23)7-14(10)24/h5-7,9,23-24H,1-4H2,(H,21,25)(H,22,26)/b20-9+. The number of anilines is 1. The minimum atomic E-state index is -1.00.